The smallest absolute Gasteiger partial charge is 0.342 e. The number of carbonyl (C=O) groups excluding carboxylic acids is 1. The second kappa shape index (κ2) is 4.16. The Kier molecular flexibility index (Phi) is 2.86. The summed E-state index contributed by atoms with van der Waals surface area (Å²) in [4.78, 5) is 11.9. The molecule has 0 spiro atoms. The first-order chi connectivity index (χ1) is 7.67. The van der Waals surface area contributed by atoms with Gasteiger partial charge in [0.1, 0.15) is 17.4 Å². The molecule has 0 N–H and O–H groups in total. The highest BCUT2D eigenvalue weighted by atomic mass is 16.5. The number of hydrogen-bond acceptors (Lipinski definition) is 3. The molecule has 1 atom stereocenters. The molecule has 1 aliphatic rings. The highest BCUT2D eigenvalue weighted by Gasteiger charge is 2.29. The topological polar surface area (TPSA) is 35.5 Å². The highest BCUT2D eigenvalue weighted by molar-refractivity contribution is 5.95. The molecule has 1 aromatic rings. The molecular weight excluding hydrogens is 204 g/mol. The molecule has 0 amide bonds. The summed E-state index contributed by atoms with van der Waals surface area (Å²) in [7, 11) is 1.57. The van der Waals surface area contributed by atoms with Crippen molar-refractivity contribution in [3.8, 4) is 5.75 Å². The molecule has 0 saturated carbocycles. The van der Waals surface area contributed by atoms with Gasteiger partial charge in [-0.15, -0.1) is 0 Å². The Balaban J connectivity index is 2.53. The van der Waals surface area contributed by atoms with Gasteiger partial charge in [0.05, 0.1) is 7.11 Å². The van der Waals surface area contributed by atoms with Crippen molar-refractivity contribution >= 4 is 5.97 Å². The summed E-state index contributed by atoms with van der Waals surface area (Å²) in [6.45, 7) is 4.04. The van der Waals surface area contributed by atoms with E-state index < -0.39 is 0 Å². The summed E-state index contributed by atoms with van der Waals surface area (Å²) in [5, 5.41) is 0. The van der Waals surface area contributed by atoms with E-state index in [1.165, 1.54) is 0 Å². The first-order valence-electron chi connectivity index (χ1n) is 5.54. The van der Waals surface area contributed by atoms with Crippen LogP contribution in [0.15, 0.2) is 12.1 Å². The fraction of sp³-hybridized carbons (Fsp3) is 0.462. The number of aryl methyl sites for hydroxylation is 1. The third kappa shape index (κ3) is 1.66. The van der Waals surface area contributed by atoms with Gasteiger partial charge in [-0.2, -0.15) is 0 Å². The van der Waals surface area contributed by atoms with Crippen molar-refractivity contribution < 1.29 is 14.3 Å². The van der Waals surface area contributed by atoms with Crippen molar-refractivity contribution in [2.24, 2.45) is 0 Å². The molecule has 0 radical (unpaired) electrons. The lowest BCUT2D eigenvalue weighted by Crippen LogP contribution is -2.28. The fourth-order valence-corrected chi connectivity index (χ4v) is 2.09. The van der Waals surface area contributed by atoms with Gasteiger partial charge in [0, 0.05) is 6.42 Å². The van der Waals surface area contributed by atoms with Gasteiger partial charge >= 0.3 is 5.97 Å². The van der Waals surface area contributed by atoms with Crippen LogP contribution in [0, 0.1) is 6.92 Å². The van der Waals surface area contributed by atoms with Gasteiger partial charge in [0.2, 0.25) is 0 Å². The zero-order valence-corrected chi connectivity index (χ0v) is 9.87. The summed E-state index contributed by atoms with van der Waals surface area (Å²) in [5.74, 6) is 0.355. The van der Waals surface area contributed by atoms with Crippen LogP contribution in [0.2, 0.25) is 0 Å². The maximum absolute atomic E-state index is 11.9. The molecule has 1 aliphatic heterocycles. The van der Waals surface area contributed by atoms with Crippen LogP contribution in [-0.2, 0) is 11.2 Å². The average molecular weight is 220 g/mol. The summed E-state index contributed by atoms with van der Waals surface area (Å²) in [6.07, 6.45) is 1.65. The Hall–Kier alpha value is -1.51. The second-order valence-corrected chi connectivity index (χ2v) is 4.08. The van der Waals surface area contributed by atoms with E-state index in [0.29, 0.717) is 11.3 Å². The lowest BCUT2D eigenvalue weighted by Gasteiger charge is -2.26. The van der Waals surface area contributed by atoms with Crippen LogP contribution in [0.1, 0.15) is 34.8 Å². The van der Waals surface area contributed by atoms with Crippen LogP contribution in [0.25, 0.3) is 0 Å². The Labute approximate surface area is 95.4 Å². The van der Waals surface area contributed by atoms with Crippen molar-refractivity contribution in [3.63, 3.8) is 0 Å². The van der Waals surface area contributed by atoms with Crippen molar-refractivity contribution in [1.29, 1.82) is 0 Å². The minimum atomic E-state index is -0.256. The predicted molar refractivity (Wildman–Crippen MR) is 60.9 cm³/mol. The highest BCUT2D eigenvalue weighted by Crippen LogP contribution is 2.31. The average Bonchev–Trinajstić information content (AvgIpc) is 2.30. The largest absolute Gasteiger partial charge is 0.496 e. The molecule has 0 fully saturated rings. The monoisotopic (exact) mass is 220 g/mol. The van der Waals surface area contributed by atoms with E-state index in [-0.39, 0.29) is 12.1 Å². The van der Waals surface area contributed by atoms with Gasteiger partial charge < -0.3 is 9.47 Å². The van der Waals surface area contributed by atoms with E-state index in [9.17, 15) is 4.79 Å². The van der Waals surface area contributed by atoms with Gasteiger partial charge in [-0.25, -0.2) is 4.79 Å². The van der Waals surface area contributed by atoms with Crippen LogP contribution in [-0.4, -0.2) is 19.2 Å². The number of cyclic esters (lactones) is 1. The molecule has 0 aliphatic carbocycles. The van der Waals surface area contributed by atoms with E-state index >= 15 is 0 Å². The molecule has 3 nitrogen and oxygen atoms in total. The number of esters is 1. The first kappa shape index (κ1) is 11.0. The molecule has 3 heteroatoms. The lowest BCUT2D eigenvalue weighted by atomic mass is 9.92. The summed E-state index contributed by atoms with van der Waals surface area (Å²) < 4.78 is 10.5. The molecule has 1 heterocycles. The molecule has 0 unspecified atom stereocenters. The maximum atomic E-state index is 11.9. The zero-order chi connectivity index (χ0) is 11.7. The van der Waals surface area contributed by atoms with E-state index in [0.717, 1.165) is 24.0 Å². The van der Waals surface area contributed by atoms with Crippen LogP contribution in [0.3, 0.4) is 0 Å². The van der Waals surface area contributed by atoms with Crippen molar-refractivity contribution in [2.45, 2.75) is 32.8 Å². The zero-order valence-electron chi connectivity index (χ0n) is 9.87. The molecule has 2 rings (SSSR count). The fourth-order valence-electron chi connectivity index (χ4n) is 2.09. The molecule has 0 saturated heterocycles. The Morgan fingerprint density at radius 1 is 1.50 bits per heavy atom. The Morgan fingerprint density at radius 3 is 2.88 bits per heavy atom. The van der Waals surface area contributed by atoms with Crippen molar-refractivity contribution in [2.75, 3.05) is 7.11 Å². The van der Waals surface area contributed by atoms with Gasteiger partial charge in [-0.1, -0.05) is 13.0 Å². The minimum Gasteiger partial charge on any atom is -0.496 e. The summed E-state index contributed by atoms with van der Waals surface area (Å²) >= 11 is 0. The number of methoxy groups -OCH3 is 1. The number of carbonyl (C=O) groups is 1. The second-order valence-electron chi connectivity index (χ2n) is 4.08. The molecule has 0 aromatic heterocycles. The van der Waals surface area contributed by atoms with Gasteiger partial charge in [-0.05, 0) is 30.5 Å². The number of rotatable bonds is 2. The van der Waals surface area contributed by atoms with Crippen LogP contribution >= 0.6 is 0 Å². The van der Waals surface area contributed by atoms with Crippen LogP contribution in [0.5, 0.6) is 5.75 Å². The molecular formula is C13H16O3. The number of benzene rings is 1. The van der Waals surface area contributed by atoms with E-state index in [4.69, 9.17) is 9.47 Å². The van der Waals surface area contributed by atoms with E-state index in [1.807, 2.05) is 26.0 Å². The van der Waals surface area contributed by atoms with Crippen molar-refractivity contribution in [3.05, 3.63) is 28.8 Å². The Bertz CT molecular complexity index is 423. The van der Waals surface area contributed by atoms with Crippen molar-refractivity contribution in [1.82, 2.24) is 0 Å². The van der Waals surface area contributed by atoms with Gasteiger partial charge in [0.25, 0.3) is 0 Å². The molecule has 86 valence electrons. The van der Waals surface area contributed by atoms with Gasteiger partial charge in [0.15, 0.2) is 0 Å². The van der Waals surface area contributed by atoms with E-state index in [2.05, 4.69) is 0 Å². The first-order valence-corrected chi connectivity index (χ1v) is 5.54. The van der Waals surface area contributed by atoms with E-state index in [1.54, 1.807) is 7.11 Å². The quantitative estimate of drug-likeness (QED) is 0.718. The third-order valence-electron chi connectivity index (χ3n) is 3.09. The summed E-state index contributed by atoms with van der Waals surface area (Å²) in [5.41, 5.74) is 2.81. The summed E-state index contributed by atoms with van der Waals surface area (Å²) in [6, 6.07) is 3.81. The number of hydrogen-bond donors (Lipinski definition) is 0. The van der Waals surface area contributed by atoms with Crippen LogP contribution in [0.4, 0.5) is 0 Å². The maximum Gasteiger partial charge on any atom is 0.342 e. The molecule has 0 bridgehead atoms. The lowest BCUT2D eigenvalue weighted by molar-refractivity contribution is 0.0244. The van der Waals surface area contributed by atoms with Crippen LogP contribution < -0.4 is 4.74 Å². The Morgan fingerprint density at radius 2 is 2.25 bits per heavy atom. The SMILES string of the molecule is CC[C@@H]1Cc2c(C)ccc(OC)c2C(=O)O1. The molecule has 1 aromatic carbocycles. The number of fused-ring (bicyclic) bond motifs is 1. The normalized spacial score (nSPS) is 18.9. The minimum absolute atomic E-state index is 0.00538. The predicted octanol–water partition coefficient (Wildman–Crippen LogP) is 2.50. The molecule has 16 heavy (non-hydrogen) atoms. The van der Waals surface area contributed by atoms with Gasteiger partial charge in [-0.3, -0.25) is 0 Å². The third-order valence-corrected chi connectivity index (χ3v) is 3.09. The number of ether oxygens (including phenoxy) is 2. The standard InChI is InChI=1S/C13H16O3/c1-4-9-7-10-8(2)5-6-11(15-3)12(10)13(14)16-9/h5-6,9H,4,7H2,1-3H3/t9-/m1/s1.